The number of ether oxygens (including phenoxy) is 1. The fraction of sp³-hybridized carbons (Fsp3) is 0.111. The third kappa shape index (κ3) is 3.10. The summed E-state index contributed by atoms with van der Waals surface area (Å²) in [4.78, 5) is 16.0. The molecule has 0 fully saturated rings. The second-order valence-corrected chi connectivity index (χ2v) is 6.14. The van der Waals surface area contributed by atoms with E-state index in [0.717, 1.165) is 11.1 Å². The summed E-state index contributed by atoms with van der Waals surface area (Å²) >= 11 is 3.40. The van der Waals surface area contributed by atoms with Gasteiger partial charge in [-0.1, -0.05) is 28.1 Å². The van der Waals surface area contributed by atoms with E-state index in [1.54, 1.807) is 18.3 Å². The van der Waals surface area contributed by atoms with Crippen LogP contribution in [0, 0.1) is 5.82 Å². The fourth-order valence-corrected chi connectivity index (χ4v) is 3.01. The summed E-state index contributed by atoms with van der Waals surface area (Å²) in [6.45, 7) is 0. The van der Waals surface area contributed by atoms with Crippen molar-refractivity contribution in [3.05, 3.63) is 69.6 Å². The van der Waals surface area contributed by atoms with Crippen LogP contribution in [0.3, 0.4) is 0 Å². The zero-order chi connectivity index (χ0) is 17.3. The Morgan fingerprint density at radius 3 is 2.62 bits per heavy atom. The van der Waals surface area contributed by atoms with Crippen LogP contribution in [0.2, 0.25) is 0 Å². The molecule has 1 heterocycles. The molecule has 3 aromatic rings. The summed E-state index contributed by atoms with van der Waals surface area (Å²) in [6, 6.07) is 9.63. The van der Waals surface area contributed by atoms with Crippen LogP contribution in [0.4, 0.5) is 4.39 Å². The van der Waals surface area contributed by atoms with E-state index in [2.05, 4.69) is 25.7 Å². The first-order valence-electron chi connectivity index (χ1n) is 7.12. The molecule has 1 aromatic heterocycles. The molecule has 4 nitrogen and oxygen atoms in total. The van der Waals surface area contributed by atoms with E-state index in [9.17, 15) is 14.3 Å². The molecular weight excluding hydrogens is 377 g/mol. The Morgan fingerprint density at radius 1 is 1.25 bits per heavy atom. The largest absolute Gasteiger partial charge is 0.505 e. The molecule has 0 radical (unpaired) electrons. The van der Waals surface area contributed by atoms with Gasteiger partial charge in [0.25, 0.3) is 0 Å². The number of carbonyl (C=O) groups excluding carboxylic acids is 1. The van der Waals surface area contributed by atoms with Crippen LogP contribution in [0.5, 0.6) is 5.75 Å². The summed E-state index contributed by atoms with van der Waals surface area (Å²) in [5.41, 5.74) is 2.22. The molecule has 0 aliphatic carbocycles. The summed E-state index contributed by atoms with van der Waals surface area (Å²) in [5.74, 6) is -1.13. The number of halogens is 2. The van der Waals surface area contributed by atoms with Crippen LogP contribution in [0.1, 0.15) is 21.5 Å². The van der Waals surface area contributed by atoms with E-state index in [4.69, 9.17) is 0 Å². The van der Waals surface area contributed by atoms with Crippen molar-refractivity contribution in [2.75, 3.05) is 7.11 Å². The number of fused-ring (bicyclic) bond motifs is 1. The second kappa shape index (κ2) is 6.57. The van der Waals surface area contributed by atoms with Gasteiger partial charge in [-0.2, -0.15) is 0 Å². The number of rotatable bonds is 3. The number of hydrogen-bond donors (Lipinski definition) is 1. The standard InChI is InChI=1S/C18H13BrFNO3/c1-24-18(23)14-8-15(19)13-7-11(9-21-16(13)17(14)22)6-10-2-4-12(20)5-3-10/h2-5,7-9,22H,6H2,1H3. The number of aromatic hydroxyl groups is 1. The zero-order valence-corrected chi connectivity index (χ0v) is 14.3. The second-order valence-electron chi connectivity index (χ2n) is 5.29. The highest BCUT2D eigenvalue weighted by atomic mass is 79.9. The molecule has 0 saturated heterocycles. The Kier molecular flexibility index (Phi) is 4.49. The van der Waals surface area contributed by atoms with Gasteiger partial charge in [-0.3, -0.25) is 4.98 Å². The van der Waals surface area contributed by atoms with Gasteiger partial charge in [0.1, 0.15) is 16.9 Å². The summed E-state index contributed by atoms with van der Waals surface area (Å²) < 4.78 is 18.3. The van der Waals surface area contributed by atoms with Gasteiger partial charge in [-0.15, -0.1) is 0 Å². The van der Waals surface area contributed by atoms with Gasteiger partial charge in [-0.05, 0) is 41.8 Å². The molecule has 0 bridgehead atoms. The van der Waals surface area contributed by atoms with Gasteiger partial charge in [0.15, 0.2) is 5.75 Å². The molecule has 0 atom stereocenters. The lowest BCUT2D eigenvalue weighted by atomic mass is 10.0. The Labute approximate surface area is 146 Å². The molecule has 1 N–H and O–H groups in total. The van der Waals surface area contributed by atoms with Crippen LogP contribution in [0.25, 0.3) is 10.9 Å². The average molecular weight is 390 g/mol. The van der Waals surface area contributed by atoms with Crippen LogP contribution < -0.4 is 0 Å². The first-order valence-corrected chi connectivity index (χ1v) is 7.91. The number of carbonyl (C=O) groups is 1. The lowest BCUT2D eigenvalue weighted by molar-refractivity contribution is 0.0597. The molecule has 0 amide bonds. The molecule has 2 aromatic carbocycles. The van der Waals surface area contributed by atoms with Crippen molar-refractivity contribution in [1.82, 2.24) is 4.98 Å². The molecule has 0 aliphatic rings. The summed E-state index contributed by atoms with van der Waals surface area (Å²) in [7, 11) is 1.25. The van der Waals surface area contributed by atoms with Crippen molar-refractivity contribution in [1.29, 1.82) is 0 Å². The maximum atomic E-state index is 13.0. The number of esters is 1. The Hall–Kier alpha value is -2.47. The van der Waals surface area contributed by atoms with Crippen molar-refractivity contribution in [3.63, 3.8) is 0 Å². The van der Waals surface area contributed by atoms with E-state index >= 15 is 0 Å². The number of phenols is 1. The molecule has 0 aliphatic heterocycles. The lowest BCUT2D eigenvalue weighted by Gasteiger charge is -2.10. The molecular formula is C18H13BrFNO3. The number of phenolic OH excluding ortho intramolecular Hbond substituents is 1. The lowest BCUT2D eigenvalue weighted by Crippen LogP contribution is -2.03. The van der Waals surface area contributed by atoms with Crippen LogP contribution >= 0.6 is 15.9 Å². The quantitative estimate of drug-likeness (QED) is 0.681. The van der Waals surface area contributed by atoms with E-state index in [1.807, 2.05) is 6.07 Å². The summed E-state index contributed by atoms with van der Waals surface area (Å²) in [5, 5.41) is 10.9. The van der Waals surface area contributed by atoms with Crippen molar-refractivity contribution < 1.29 is 19.0 Å². The number of pyridine rings is 1. The van der Waals surface area contributed by atoms with Crippen LogP contribution in [-0.4, -0.2) is 23.2 Å². The number of hydrogen-bond acceptors (Lipinski definition) is 4. The number of nitrogens with zero attached hydrogens (tertiary/aromatic N) is 1. The number of benzene rings is 2. The maximum Gasteiger partial charge on any atom is 0.341 e. The number of aromatic nitrogens is 1. The molecule has 24 heavy (non-hydrogen) atoms. The molecule has 3 rings (SSSR count). The normalized spacial score (nSPS) is 10.8. The minimum atomic E-state index is -0.632. The third-order valence-corrected chi connectivity index (χ3v) is 4.34. The van der Waals surface area contributed by atoms with Crippen molar-refractivity contribution in [2.24, 2.45) is 0 Å². The fourth-order valence-electron chi connectivity index (χ4n) is 2.48. The monoisotopic (exact) mass is 389 g/mol. The van der Waals surface area contributed by atoms with E-state index in [1.165, 1.54) is 25.3 Å². The zero-order valence-electron chi connectivity index (χ0n) is 12.7. The van der Waals surface area contributed by atoms with E-state index in [-0.39, 0.29) is 17.1 Å². The highest BCUT2D eigenvalue weighted by Crippen LogP contribution is 2.34. The van der Waals surface area contributed by atoms with Gasteiger partial charge >= 0.3 is 5.97 Å². The summed E-state index contributed by atoms with van der Waals surface area (Å²) in [6.07, 6.45) is 2.20. The van der Waals surface area contributed by atoms with Crippen molar-refractivity contribution in [2.45, 2.75) is 6.42 Å². The van der Waals surface area contributed by atoms with E-state index < -0.39 is 5.97 Å². The first-order chi connectivity index (χ1) is 11.5. The predicted octanol–water partition coefficient (Wildman–Crippen LogP) is 4.22. The Morgan fingerprint density at radius 2 is 1.96 bits per heavy atom. The highest BCUT2D eigenvalue weighted by Gasteiger charge is 2.18. The minimum absolute atomic E-state index is 0.0515. The van der Waals surface area contributed by atoms with Gasteiger partial charge in [0.2, 0.25) is 0 Å². The maximum absolute atomic E-state index is 13.0. The average Bonchev–Trinajstić information content (AvgIpc) is 2.59. The Bertz CT molecular complexity index is 926. The molecule has 122 valence electrons. The minimum Gasteiger partial charge on any atom is -0.505 e. The van der Waals surface area contributed by atoms with Gasteiger partial charge in [-0.25, -0.2) is 9.18 Å². The van der Waals surface area contributed by atoms with Crippen molar-refractivity contribution in [3.8, 4) is 5.75 Å². The van der Waals surface area contributed by atoms with E-state index in [0.29, 0.717) is 21.8 Å². The van der Waals surface area contributed by atoms with Gasteiger partial charge in [0, 0.05) is 16.1 Å². The van der Waals surface area contributed by atoms with Gasteiger partial charge < -0.3 is 9.84 Å². The third-order valence-electron chi connectivity index (χ3n) is 3.68. The highest BCUT2D eigenvalue weighted by molar-refractivity contribution is 9.10. The Balaban J connectivity index is 2.04. The van der Waals surface area contributed by atoms with Crippen LogP contribution in [0.15, 0.2) is 47.1 Å². The first kappa shape index (κ1) is 16.4. The molecule has 0 spiro atoms. The smallest absolute Gasteiger partial charge is 0.341 e. The topological polar surface area (TPSA) is 59.4 Å². The molecule has 0 saturated carbocycles. The van der Waals surface area contributed by atoms with Crippen LogP contribution in [-0.2, 0) is 11.2 Å². The van der Waals surface area contributed by atoms with Crippen molar-refractivity contribution >= 4 is 32.8 Å². The predicted molar refractivity (Wildman–Crippen MR) is 91.7 cm³/mol. The molecule has 0 unspecified atom stereocenters. The van der Waals surface area contributed by atoms with Gasteiger partial charge in [0.05, 0.1) is 7.11 Å². The number of methoxy groups -OCH3 is 1. The molecule has 6 heteroatoms. The SMILES string of the molecule is COC(=O)c1cc(Br)c2cc(Cc3ccc(F)cc3)cnc2c1O.